The average Bonchev–Trinajstić information content (AvgIpc) is 2.80. The van der Waals surface area contributed by atoms with E-state index < -0.39 is 61.4 Å². The molecular weight excluding hydrogens is 464 g/mol. The molecule has 0 spiro atoms. The van der Waals surface area contributed by atoms with E-state index in [1.165, 1.54) is 0 Å². The van der Waals surface area contributed by atoms with Gasteiger partial charge in [0.25, 0.3) is 0 Å². The van der Waals surface area contributed by atoms with Crippen molar-refractivity contribution < 1.29 is 54.4 Å². The van der Waals surface area contributed by atoms with Gasteiger partial charge in [-0.15, -0.1) is 0 Å². The molecule has 3 rings (SSSR count). The van der Waals surface area contributed by atoms with Crippen LogP contribution in [0, 0.1) is 5.41 Å². The number of carbonyl (C=O) groups is 1. The molecule has 6 N–H and O–H groups in total. The van der Waals surface area contributed by atoms with E-state index in [0.717, 1.165) is 12.0 Å². The topological polar surface area (TPSA) is 175 Å². The summed E-state index contributed by atoms with van der Waals surface area (Å²) in [7, 11) is 0. The Morgan fingerprint density at radius 2 is 1.69 bits per heavy atom. The van der Waals surface area contributed by atoms with Gasteiger partial charge in [0.05, 0.1) is 19.3 Å². The van der Waals surface area contributed by atoms with Gasteiger partial charge in [0.1, 0.15) is 42.7 Å². The lowest BCUT2D eigenvalue weighted by Crippen LogP contribution is -2.60. The minimum atomic E-state index is -1.59. The fourth-order valence-electron chi connectivity index (χ4n) is 4.53. The van der Waals surface area contributed by atoms with Crippen molar-refractivity contribution in [2.75, 3.05) is 13.2 Å². The molecule has 0 aromatic heterocycles. The van der Waals surface area contributed by atoms with Gasteiger partial charge in [0.2, 0.25) is 0 Å². The standard InChI is InChI=1S/C24H38O11/c1-11(5-6-13-12(2)14(25)7-8-24(13,3)4)34-23-21(31)19(29)18(28)16(35-23)10-33-22-20(30)17(27)15(26)9-32-22/h5-6,11,15-23,26-31H,7-10H2,1-4H3/b6-5+/t11-,15-,16+,17-,18+,19-,20+,21+,22-,23+/m0/s1. The second kappa shape index (κ2) is 11.4. The lowest BCUT2D eigenvalue weighted by molar-refractivity contribution is -0.324. The van der Waals surface area contributed by atoms with Crippen LogP contribution < -0.4 is 0 Å². The second-order valence-electron chi connectivity index (χ2n) is 10.1. The van der Waals surface area contributed by atoms with Crippen LogP contribution in [0.25, 0.3) is 0 Å². The normalized spacial score (nSPS) is 41.4. The van der Waals surface area contributed by atoms with Crippen LogP contribution in [0.2, 0.25) is 0 Å². The number of hydrogen-bond donors (Lipinski definition) is 6. The van der Waals surface area contributed by atoms with Gasteiger partial charge in [-0.2, -0.15) is 0 Å². The van der Waals surface area contributed by atoms with E-state index in [-0.39, 0.29) is 24.4 Å². The molecule has 0 saturated carbocycles. The van der Waals surface area contributed by atoms with Gasteiger partial charge in [-0.3, -0.25) is 4.79 Å². The first-order chi connectivity index (χ1) is 16.3. The first kappa shape index (κ1) is 28.3. The molecule has 200 valence electrons. The Morgan fingerprint density at radius 3 is 2.37 bits per heavy atom. The summed E-state index contributed by atoms with van der Waals surface area (Å²) in [5.41, 5.74) is 1.45. The molecule has 0 bridgehead atoms. The second-order valence-corrected chi connectivity index (χ2v) is 10.1. The number of aliphatic hydroxyl groups is 6. The summed E-state index contributed by atoms with van der Waals surface area (Å²) < 4.78 is 22.0. The van der Waals surface area contributed by atoms with E-state index in [9.17, 15) is 35.4 Å². The van der Waals surface area contributed by atoms with E-state index in [1.54, 1.807) is 19.9 Å². The van der Waals surface area contributed by atoms with Crippen molar-refractivity contribution in [2.45, 2.75) is 102 Å². The molecule has 10 atom stereocenters. The fraction of sp³-hybridized carbons (Fsp3) is 0.792. The molecule has 2 saturated heterocycles. The quantitative estimate of drug-likeness (QED) is 0.250. The van der Waals surface area contributed by atoms with Gasteiger partial charge in [0, 0.05) is 6.42 Å². The van der Waals surface area contributed by atoms with Gasteiger partial charge < -0.3 is 49.6 Å². The molecule has 0 aromatic carbocycles. The lowest BCUT2D eigenvalue weighted by Gasteiger charge is -2.42. The number of allylic oxidation sites excluding steroid dienone is 3. The number of aliphatic hydroxyl groups excluding tert-OH is 6. The van der Waals surface area contributed by atoms with Crippen molar-refractivity contribution in [3.8, 4) is 0 Å². The Balaban J connectivity index is 1.62. The van der Waals surface area contributed by atoms with E-state index >= 15 is 0 Å². The molecule has 2 fully saturated rings. The number of rotatable bonds is 7. The van der Waals surface area contributed by atoms with Crippen LogP contribution >= 0.6 is 0 Å². The van der Waals surface area contributed by atoms with Crippen LogP contribution in [-0.4, -0.2) is 111 Å². The molecule has 2 heterocycles. The number of ketones is 1. The van der Waals surface area contributed by atoms with Crippen LogP contribution in [0.15, 0.2) is 23.3 Å². The summed E-state index contributed by atoms with van der Waals surface area (Å²) in [6.07, 6.45) is -8.41. The Hall–Kier alpha value is -1.25. The Kier molecular flexibility index (Phi) is 9.25. The number of Topliss-reactive ketones (excluding diaryl/α,β-unsaturated/α-hetero) is 1. The van der Waals surface area contributed by atoms with E-state index in [1.807, 2.05) is 6.08 Å². The third-order valence-corrected chi connectivity index (χ3v) is 6.96. The van der Waals surface area contributed by atoms with E-state index in [0.29, 0.717) is 12.0 Å². The molecule has 35 heavy (non-hydrogen) atoms. The maximum atomic E-state index is 12.1. The van der Waals surface area contributed by atoms with Gasteiger partial charge in [-0.1, -0.05) is 26.0 Å². The summed E-state index contributed by atoms with van der Waals surface area (Å²) >= 11 is 0. The smallest absolute Gasteiger partial charge is 0.187 e. The highest BCUT2D eigenvalue weighted by atomic mass is 16.7. The fourth-order valence-corrected chi connectivity index (χ4v) is 4.53. The highest BCUT2D eigenvalue weighted by Crippen LogP contribution is 2.39. The number of hydrogen-bond acceptors (Lipinski definition) is 11. The minimum absolute atomic E-state index is 0.109. The van der Waals surface area contributed by atoms with Crippen molar-refractivity contribution in [3.63, 3.8) is 0 Å². The number of carbonyl (C=O) groups excluding carboxylic acids is 1. The third-order valence-electron chi connectivity index (χ3n) is 6.96. The maximum absolute atomic E-state index is 12.1. The molecule has 0 radical (unpaired) electrons. The molecule has 0 amide bonds. The maximum Gasteiger partial charge on any atom is 0.187 e. The lowest BCUT2D eigenvalue weighted by atomic mass is 9.72. The Bertz CT molecular complexity index is 809. The Morgan fingerprint density at radius 1 is 1.03 bits per heavy atom. The molecule has 0 unspecified atom stereocenters. The van der Waals surface area contributed by atoms with Crippen LogP contribution in [-0.2, 0) is 23.7 Å². The zero-order chi connectivity index (χ0) is 26.1. The zero-order valence-electron chi connectivity index (χ0n) is 20.5. The van der Waals surface area contributed by atoms with Crippen LogP contribution in [0.3, 0.4) is 0 Å². The molecule has 0 aromatic rings. The summed E-state index contributed by atoms with van der Waals surface area (Å²) in [6.45, 7) is 7.03. The van der Waals surface area contributed by atoms with Crippen molar-refractivity contribution >= 4 is 5.78 Å². The SMILES string of the molecule is CC1=C(/C=C/[C@H](C)O[C@@H]2O[C@H](CO[C@@H]3OC[C@H](O)[C@H](O)[C@H]3O)[C@@H](O)[C@H](O)[C@H]2O)C(C)(C)CCC1=O. The van der Waals surface area contributed by atoms with Crippen LogP contribution in [0.4, 0.5) is 0 Å². The van der Waals surface area contributed by atoms with Crippen molar-refractivity contribution in [1.82, 2.24) is 0 Å². The predicted octanol–water partition coefficient (Wildman–Crippen LogP) is -1.08. The van der Waals surface area contributed by atoms with Crippen molar-refractivity contribution in [1.29, 1.82) is 0 Å². The first-order valence-electron chi connectivity index (χ1n) is 11.9. The van der Waals surface area contributed by atoms with Gasteiger partial charge in [0.15, 0.2) is 18.4 Å². The van der Waals surface area contributed by atoms with Crippen molar-refractivity contribution in [3.05, 3.63) is 23.3 Å². The van der Waals surface area contributed by atoms with Gasteiger partial charge in [-0.25, -0.2) is 0 Å². The first-order valence-corrected chi connectivity index (χ1v) is 11.9. The minimum Gasteiger partial charge on any atom is -0.388 e. The van der Waals surface area contributed by atoms with Gasteiger partial charge >= 0.3 is 0 Å². The molecule has 2 aliphatic heterocycles. The van der Waals surface area contributed by atoms with Crippen LogP contribution in [0.1, 0.15) is 40.5 Å². The van der Waals surface area contributed by atoms with Gasteiger partial charge in [-0.05, 0) is 36.8 Å². The molecular formula is C24H38O11. The predicted molar refractivity (Wildman–Crippen MR) is 121 cm³/mol. The van der Waals surface area contributed by atoms with E-state index in [4.69, 9.17) is 18.9 Å². The van der Waals surface area contributed by atoms with Crippen molar-refractivity contribution in [2.24, 2.45) is 5.41 Å². The summed E-state index contributed by atoms with van der Waals surface area (Å²) in [6, 6.07) is 0. The third kappa shape index (κ3) is 6.37. The van der Waals surface area contributed by atoms with Crippen LogP contribution in [0.5, 0.6) is 0 Å². The monoisotopic (exact) mass is 502 g/mol. The average molecular weight is 503 g/mol. The molecule has 1 aliphatic carbocycles. The molecule has 11 nitrogen and oxygen atoms in total. The summed E-state index contributed by atoms with van der Waals surface area (Å²) in [5.74, 6) is 0.109. The number of ether oxygens (including phenoxy) is 4. The molecule has 3 aliphatic rings. The Labute approximate surface area is 204 Å². The summed E-state index contributed by atoms with van der Waals surface area (Å²) in [4.78, 5) is 12.1. The summed E-state index contributed by atoms with van der Waals surface area (Å²) in [5, 5.41) is 60.3. The largest absolute Gasteiger partial charge is 0.388 e. The highest BCUT2D eigenvalue weighted by Gasteiger charge is 2.46. The van der Waals surface area contributed by atoms with E-state index in [2.05, 4.69) is 13.8 Å². The molecule has 11 heteroatoms. The zero-order valence-corrected chi connectivity index (χ0v) is 20.5. The highest BCUT2D eigenvalue weighted by molar-refractivity contribution is 5.97.